The van der Waals surface area contributed by atoms with Crippen LogP contribution >= 0.6 is 0 Å². The topological polar surface area (TPSA) is 20.2 Å². The number of rotatable bonds is 3. The van der Waals surface area contributed by atoms with Gasteiger partial charge in [0.05, 0.1) is 6.61 Å². The van der Waals surface area contributed by atoms with Crippen LogP contribution in [0.3, 0.4) is 0 Å². The monoisotopic (exact) mass is 210 g/mol. The summed E-state index contributed by atoms with van der Waals surface area (Å²) in [5.74, 6) is 0. The summed E-state index contributed by atoms with van der Waals surface area (Å²) >= 11 is 0. The van der Waals surface area contributed by atoms with Crippen molar-refractivity contribution in [2.24, 2.45) is 0 Å². The van der Waals surface area contributed by atoms with Crippen LogP contribution in [0.2, 0.25) is 0 Å². The fraction of sp³-hybridized carbons (Fsp3) is 0.0667. The summed E-state index contributed by atoms with van der Waals surface area (Å²) in [4.78, 5) is 0. The fourth-order valence-electron chi connectivity index (χ4n) is 1.61. The highest BCUT2D eigenvalue weighted by Gasteiger charge is 1.97. The number of aliphatic hydroxyl groups excluding tert-OH is 1. The molecule has 2 rings (SSSR count). The van der Waals surface area contributed by atoms with E-state index >= 15 is 0 Å². The first-order valence-corrected chi connectivity index (χ1v) is 5.26. The van der Waals surface area contributed by atoms with Gasteiger partial charge in [-0.05, 0) is 22.3 Å². The van der Waals surface area contributed by atoms with Gasteiger partial charge in [0, 0.05) is 0 Å². The zero-order valence-electron chi connectivity index (χ0n) is 9.06. The van der Waals surface area contributed by atoms with E-state index in [1.165, 1.54) is 5.56 Å². The largest absolute Gasteiger partial charge is 0.392 e. The highest BCUT2D eigenvalue weighted by atomic mass is 16.3. The highest BCUT2D eigenvalue weighted by molar-refractivity contribution is 5.65. The van der Waals surface area contributed by atoms with E-state index in [0.717, 1.165) is 16.7 Å². The van der Waals surface area contributed by atoms with Crippen LogP contribution in [0.5, 0.6) is 0 Å². The number of hydrogen-bond acceptors (Lipinski definition) is 1. The molecular formula is C15H14O. The quantitative estimate of drug-likeness (QED) is 0.822. The molecule has 0 saturated carbocycles. The van der Waals surface area contributed by atoms with Gasteiger partial charge in [-0.15, -0.1) is 0 Å². The van der Waals surface area contributed by atoms with Crippen molar-refractivity contribution in [3.05, 3.63) is 66.2 Å². The molecule has 0 aliphatic carbocycles. The lowest BCUT2D eigenvalue weighted by Gasteiger charge is -2.03. The molecule has 1 nitrogen and oxygen atoms in total. The molecule has 0 bridgehead atoms. The molecule has 2 aromatic rings. The van der Waals surface area contributed by atoms with Crippen LogP contribution in [-0.4, -0.2) is 5.11 Å². The second kappa shape index (κ2) is 4.77. The lowest BCUT2D eigenvalue weighted by Crippen LogP contribution is -1.83. The standard InChI is InChI=1S/C15H14O/c1-2-12-3-7-14(8-4-12)15-9-5-13(11-16)6-10-15/h2-10,16H,1,11H2. The summed E-state index contributed by atoms with van der Waals surface area (Å²) in [5, 5.41) is 8.96. The van der Waals surface area contributed by atoms with Crippen LogP contribution in [0.4, 0.5) is 0 Å². The molecule has 0 atom stereocenters. The van der Waals surface area contributed by atoms with Gasteiger partial charge in [-0.3, -0.25) is 0 Å². The average molecular weight is 210 g/mol. The van der Waals surface area contributed by atoms with Gasteiger partial charge >= 0.3 is 0 Å². The van der Waals surface area contributed by atoms with E-state index < -0.39 is 0 Å². The van der Waals surface area contributed by atoms with Gasteiger partial charge < -0.3 is 5.11 Å². The lowest BCUT2D eigenvalue weighted by atomic mass is 10.0. The van der Waals surface area contributed by atoms with Gasteiger partial charge in [0.1, 0.15) is 0 Å². The van der Waals surface area contributed by atoms with Crippen molar-refractivity contribution in [3.63, 3.8) is 0 Å². The number of aliphatic hydroxyl groups is 1. The smallest absolute Gasteiger partial charge is 0.0681 e. The minimum Gasteiger partial charge on any atom is -0.392 e. The molecule has 0 spiro atoms. The van der Waals surface area contributed by atoms with Crippen LogP contribution in [0.25, 0.3) is 17.2 Å². The Morgan fingerprint density at radius 1 is 0.875 bits per heavy atom. The van der Waals surface area contributed by atoms with Crippen molar-refractivity contribution in [1.29, 1.82) is 0 Å². The maximum Gasteiger partial charge on any atom is 0.0681 e. The van der Waals surface area contributed by atoms with Crippen molar-refractivity contribution in [2.75, 3.05) is 0 Å². The first-order valence-electron chi connectivity index (χ1n) is 5.26. The third-order valence-electron chi connectivity index (χ3n) is 2.62. The summed E-state index contributed by atoms with van der Waals surface area (Å²) in [5.41, 5.74) is 4.39. The normalized spacial score (nSPS) is 10.1. The molecule has 2 aromatic carbocycles. The van der Waals surface area contributed by atoms with Crippen LogP contribution in [0, 0.1) is 0 Å². The molecule has 0 saturated heterocycles. The Labute approximate surface area is 95.7 Å². The Morgan fingerprint density at radius 2 is 1.38 bits per heavy atom. The first kappa shape index (κ1) is 10.7. The highest BCUT2D eigenvalue weighted by Crippen LogP contribution is 2.20. The van der Waals surface area contributed by atoms with Crippen molar-refractivity contribution in [3.8, 4) is 11.1 Å². The number of hydrogen-bond donors (Lipinski definition) is 1. The first-order chi connectivity index (χ1) is 7.83. The second-order valence-corrected chi connectivity index (χ2v) is 3.68. The zero-order valence-corrected chi connectivity index (χ0v) is 9.06. The predicted octanol–water partition coefficient (Wildman–Crippen LogP) is 3.49. The minimum absolute atomic E-state index is 0.0929. The van der Waals surface area contributed by atoms with Gasteiger partial charge in [-0.25, -0.2) is 0 Å². The molecule has 1 N–H and O–H groups in total. The van der Waals surface area contributed by atoms with Crippen molar-refractivity contribution in [1.82, 2.24) is 0 Å². The second-order valence-electron chi connectivity index (χ2n) is 3.68. The van der Waals surface area contributed by atoms with E-state index in [0.29, 0.717) is 0 Å². The summed E-state index contributed by atoms with van der Waals surface area (Å²) < 4.78 is 0. The molecule has 16 heavy (non-hydrogen) atoms. The van der Waals surface area contributed by atoms with Crippen molar-refractivity contribution < 1.29 is 5.11 Å². The Hall–Kier alpha value is -1.86. The molecule has 0 heterocycles. The third-order valence-corrected chi connectivity index (χ3v) is 2.62. The van der Waals surface area contributed by atoms with E-state index in [9.17, 15) is 0 Å². The molecule has 80 valence electrons. The summed E-state index contributed by atoms with van der Waals surface area (Å²) in [6.45, 7) is 3.82. The SMILES string of the molecule is C=Cc1ccc(-c2ccc(CO)cc2)cc1. The van der Waals surface area contributed by atoms with E-state index in [-0.39, 0.29) is 6.61 Å². The zero-order chi connectivity index (χ0) is 11.4. The van der Waals surface area contributed by atoms with E-state index in [1.54, 1.807) is 0 Å². The van der Waals surface area contributed by atoms with Gasteiger partial charge in [0.15, 0.2) is 0 Å². The maximum absolute atomic E-state index is 8.96. The Balaban J connectivity index is 2.31. The van der Waals surface area contributed by atoms with Gasteiger partial charge in [0.25, 0.3) is 0 Å². The van der Waals surface area contributed by atoms with E-state index in [1.807, 2.05) is 42.5 Å². The molecule has 0 aliphatic heterocycles. The van der Waals surface area contributed by atoms with Crippen LogP contribution in [0.15, 0.2) is 55.1 Å². The predicted molar refractivity (Wildman–Crippen MR) is 67.9 cm³/mol. The Kier molecular flexibility index (Phi) is 3.18. The molecule has 0 aliphatic rings. The van der Waals surface area contributed by atoms with Gasteiger partial charge in [0.2, 0.25) is 0 Å². The van der Waals surface area contributed by atoms with Crippen LogP contribution < -0.4 is 0 Å². The van der Waals surface area contributed by atoms with E-state index in [2.05, 4.69) is 18.7 Å². The summed E-state index contributed by atoms with van der Waals surface area (Å²) in [6.07, 6.45) is 1.83. The van der Waals surface area contributed by atoms with E-state index in [4.69, 9.17) is 5.11 Å². The summed E-state index contributed by atoms with van der Waals surface area (Å²) in [7, 11) is 0. The molecule has 0 amide bonds. The summed E-state index contributed by atoms with van der Waals surface area (Å²) in [6, 6.07) is 16.2. The van der Waals surface area contributed by atoms with Gasteiger partial charge in [-0.2, -0.15) is 0 Å². The average Bonchev–Trinajstić information content (AvgIpc) is 2.39. The molecule has 0 aromatic heterocycles. The molecule has 1 heteroatoms. The lowest BCUT2D eigenvalue weighted by molar-refractivity contribution is 0.282. The van der Waals surface area contributed by atoms with Crippen molar-refractivity contribution in [2.45, 2.75) is 6.61 Å². The van der Waals surface area contributed by atoms with Crippen molar-refractivity contribution >= 4 is 6.08 Å². The minimum atomic E-state index is 0.0929. The molecule has 0 unspecified atom stereocenters. The fourth-order valence-corrected chi connectivity index (χ4v) is 1.61. The molecule has 0 fully saturated rings. The Bertz CT molecular complexity index is 466. The maximum atomic E-state index is 8.96. The van der Waals surface area contributed by atoms with Crippen LogP contribution in [0.1, 0.15) is 11.1 Å². The number of benzene rings is 2. The van der Waals surface area contributed by atoms with Gasteiger partial charge in [-0.1, -0.05) is 61.2 Å². The Morgan fingerprint density at radius 3 is 1.81 bits per heavy atom. The molecule has 0 radical (unpaired) electrons. The van der Waals surface area contributed by atoms with Crippen LogP contribution in [-0.2, 0) is 6.61 Å². The third kappa shape index (κ3) is 2.20. The molecular weight excluding hydrogens is 196 g/mol.